The second-order valence-corrected chi connectivity index (χ2v) is 8.10. The molecule has 5 aromatic carbocycles. The summed E-state index contributed by atoms with van der Waals surface area (Å²) in [6.07, 6.45) is 0. The third kappa shape index (κ3) is 3.55. The van der Waals surface area contributed by atoms with E-state index in [4.69, 9.17) is 0 Å². The summed E-state index contributed by atoms with van der Waals surface area (Å²) < 4.78 is 191. The quantitative estimate of drug-likeness (QED) is 0.0869. The third-order valence-electron chi connectivity index (χ3n) is 6.02. The smallest absolute Gasteiger partial charge is 0.198 e. The fourth-order valence-electron chi connectivity index (χ4n) is 4.44. The average molecular weight is 564 g/mol. The topological polar surface area (TPSA) is 0 Å². The molecule has 13 heteroatoms. The Morgan fingerprint density at radius 3 is 1.13 bits per heavy atom. The minimum absolute atomic E-state index is 0.287. The normalized spacial score (nSPS) is 11.7. The largest absolute Gasteiger partial charge is 0.206 e. The molecule has 0 bridgehead atoms. The second-order valence-electron chi connectivity index (χ2n) is 8.10. The molecule has 0 N–H and O–H groups in total. The molecular weight excluding hydrogens is 559 g/mol. The molecular formula is C26H5F13. The number of hydrogen-bond donors (Lipinski definition) is 0. The first-order chi connectivity index (χ1) is 18.3. The van der Waals surface area contributed by atoms with Crippen LogP contribution in [0.15, 0.2) is 30.3 Å². The van der Waals surface area contributed by atoms with E-state index in [9.17, 15) is 43.9 Å². The predicted octanol–water partition coefficient (Wildman–Crippen LogP) is 9.14. The van der Waals surface area contributed by atoms with Gasteiger partial charge in [-0.2, -0.15) is 0 Å². The Morgan fingerprint density at radius 1 is 0.308 bits per heavy atom. The summed E-state index contributed by atoms with van der Waals surface area (Å²) in [5.41, 5.74) is -6.95. The first-order valence-corrected chi connectivity index (χ1v) is 10.4. The van der Waals surface area contributed by atoms with Gasteiger partial charge in [-0.1, -0.05) is 12.1 Å². The highest BCUT2D eigenvalue weighted by atomic mass is 19.2. The van der Waals surface area contributed by atoms with Gasteiger partial charge in [0.15, 0.2) is 69.8 Å². The Kier molecular flexibility index (Phi) is 6.00. The molecule has 0 fully saturated rings. The zero-order chi connectivity index (χ0) is 28.7. The third-order valence-corrected chi connectivity index (χ3v) is 6.02. The fourth-order valence-corrected chi connectivity index (χ4v) is 4.44. The Balaban J connectivity index is 2.26. The van der Waals surface area contributed by atoms with E-state index in [2.05, 4.69) is 0 Å². The summed E-state index contributed by atoms with van der Waals surface area (Å²) in [5.74, 6) is -29.8. The van der Waals surface area contributed by atoms with Crippen LogP contribution in [-0.4, -0.2) is 0 Å². The molecule has 0 aromatic heterocycles. The van der Waals surface area contributed by atoms with E-state index in [1.54, 1.807) is 0 Å². The van der Waals surface area contributed by atoms with Gasteiger partial charge in [-0.25, -0.2) is 57.1 Å². The lowest BCUT2D eigenvalue weighted by Crippen LogP contribution is -2.08. The van der Waals surface area contributed by atoms with E-state index in [0.717, 1.165) is 6.07 Å². The lowest BCUT2D eigenvalue weighted by molar-refractivity contribution is 0.418. The summed E-state index contributed by atoms with van der Waals surface area (Å²) in [4.78, 5) is 0. The highest BCUT2D eigenvalue weighted by Crippen LogP contribution is 2.50. The van der Waals surface area contributed by atoms with E-state index in [1.165, 1.54) is 0 Å². The van der Waals surface area contributed by atoms with Crippen molar-refractivity contribution in [3.8, 4) is 22.3 Å². The standard InChI is InChI=1S/C26H5F13/c27-7-3-1-2-6-12(7)14(18-21(34)10(30)5-11(31)22(18)35)16-15(23(36)25(38)26(39)24(16)37)13(6)17-19(32)8(28)4-9(29)20(17)33/h1-5H. The Bertz CT molecular complexity index is 1840. The minimum Gasteiger partial charge on any atom is -0.206 e. The van der Waals surface area contributed by atoms with Crippen molar-refractivity contribution < 1.29 is 57.1 Å². The molecule has 0 spiro atoms. The number of fused-ring (bicyclic) bond motifs is 2. The molecule has 0 heterocycles. The number of hydrogen-bond acceptors (Lipinski definition) is 0. The molecule has 5 rings (SSSR count). The van der Waals surface area contributed by atoms with E-state index < -0.39 is 119 Å². The maximum Gasteiger partial charge on any atom is 0.198 e. The zero-order valence-electron chi connectivity index (χ0n) is 18.3. The highest BCUT2D eigenvalue weighted by molar-refractivity contribution is 6.22. The predicted molar refractivity (Wildman–Crippen MR) is 112 cm³/mol. The van der Waals surface area contributed by atoms with Crippen LogP contribution >= 0.6 is 0 Å². The molecule has 200 valence electrons. The SMILES string of the molecule is Fc1cc(F)c(F)c(-c2c3cccc(F)c3c(-c3c(F)c(F)cc(F)c3F)c3c(F)c(F)c(F)c(F)c23)c1F. The van der Waals surface area contributed by atoms with E-state index in [-0.39, 0.29) is 12.1 Å². The molecule has 5 aromatic rings. The molecule has 0 radical (unpaired) electrons. The maximum atomic E-state index is 15.3. The Hall–Kier alpha value is -4.29. The number of rotatable bonds is 2. The van der Waals surface area contributed by atoms with Gasteiger partial charge in [0.1, 0.15) is 5.82 Å². The van der Waals surface area contributed by atoms with E-state index in [0.29, 0.717) is 12.1 Å². The highest BCUT2D eigenvalue weighted by Gasteiger charge is 2.35. The molecule has 0 saturated carbocycles. The summed E-state index contributed by atoms with van der Waals surface area (Å²) in [6, 6.07) is 1.25. The van der Waals surface area contributed by atoms with Gasteiger partial charge in [0, 0.05) is 39.4 Å². The van der Waals surface area contributed by atoms with Gasteiger partial charge >= 0.3 is 0 Å². The molecule has 0 amide bonds. The van der Waals surface area contributed by atoms with Crippen LogP contribution in [0.3, 0.4) is 0 Å². The molecule has 0 aliphatic rings. The molecule has 0 aliphatic heterocycles. The van der Waals surface area contributed by atoms with Crippen molar-refractivity contribution in [2.24, 2.45) is 0 Å². The van der Waals surface area contributed by atoms with Crippen LogP contribution in [0.4, 0.5) is 57.1 Å². The van der Waals surface area contributed by atoms with Crippen LogP contribution in [-0.2, 0) is 0 Å². The Labute approximate surface area is 207 Å². The summed E-state index contributed by atoms with van der Waals surface area (Å²) in [7, 11) is 0. The van der Waals surface area contributed by atoms with Gasteiger partial charge in [0.05, 0.1) is 11.1 Å². The van der Waals surface area contributed by atoms with Crippen molar-refractivity contribution in [1.82, 2.24) is 0 Å². The van der Waals surface area contributed by atoms with E-state index >= 15 is 13.2 Å². The summed E-state index contributed by atoms with van der Waals surface area (Å²) in [6.45, 7) is 0. The molecule has 39 heavy (non-hydrogen) atoms. The lowest BCUT2D eigenvalue weighted by atomic mass is 9.84. The van der Waals surface area contributed by atoms with Crippen molar-refractivity contribution in [3.63, 3.8) is 0 Å². The van der Waals surface area contributed by atoms with E-state index in [1.807, 2.05) is 0 Å². The van der Waals surface area contributed by atoms with Crippen LogP contribution in [0.1, 0.15) is 0 Å². The van der Waals surface area contributed by atoms with Gasteiger partial charge in [-0.05, 0) is 11.5 Å². The second kappa shape index (κ2) is 8.89. The van der Waals surface area contributed by atoms with Crippen LogP contribution in [0, 0.1) is 75.6 Å². The van der Waals surface area contributed by atoms with Crippen LogP contribution in [0.5, 0.6) is 0 Å². The van der Waals surface area contributed by atoms with Gasteiger partial charge in [0.25, 0.3) is 0 Å². The van der Waals surface area contributed by atoms with Crippen LogP contribution < -0.4 is 0 Å². The average Bonchev–Trinajstić information content (AvgIpc) is 2.89. The van der Waals surface area contributed by atoms with Crippen molar-refractivity contribution in [2.45, 2.75) is 0 Å². The van der Waals surface area contributed by atoms with Crippen molar-refractivity contribution in [1.29, 1.82) is 0 Å². The summed E-state index contributed by atoms with van der Waals surface area (Å²) in [5, 5.41) is -6.08. The first-order valence-electron chi connectivity index (χ1n) is 10.4. The molecule has 0 atom stereocenters. The zero-order valence-corrected chi connectivity index (χ0v) is 18.3. The number of benzene rings is 5. The van der Waals surface area contributed by atoms with Crippen LogP contribution in [0.2, 0.25) is 0 Å². The van der Waals surface area contributed by atoms with Gasteiger partial charge in [-0.15, -0.1) is 0 Å². The van der Waals surface area contributed by atoms with Gasteiger partial charge < -0.3 is 0 Å². The fraction of sp³-hybridized carbons (Fsp3) is 0. The van der Waals surface area contributed by atoms with Gasteiger partial charge in [-0.3, -0.25) is 0 Å². The maximum absolute atomic E-state index is 15.3. The van der Waals surface area contributed by atoms with Crippen molar-refractivity contribution in [3.05, 3.63) is 106 Å². The molecule has 0 saturated heterocycles. The lowest BCUT2D eigenvalue weighted by Gasteiger charge is -2.21. The molecule has 0 unspecified atom stereocenters. The van der Waals surface area contributed by atoms with Crippen molar-refractivity contribution in [2.75, 3.05) is 0 Å². The molecule has 0 nitrogen and oxygen atoms in total. The Morgan fingerprint density at radius 2 is 0.692 bits per heavy atom. The molecule has 0 aliphatic carbocycles. The van der Waals surface area contributed by atoms with Crippen LogP contribution in [0.25, 0.3) is 43.8 Å². The monoisotopic (exact) mass is 564 g/mol. The minimum atomic E-state index is -2.69. The van der Waals surface area contributed by atoms with Gasteiger partial charge in [0.2, 0.25) is 0 Å². The first kappa shape index (κ1) is 26.3. The number of halogens is 13. The summed E-state index contributed by atoms with van der Waals surface area (Å²) >= 11 is 0. The van der Waals surface area contributed by atoms with Crippen molar-refractivity contribution >= 4 is 21.5 Å².